The quantitative estimate of drug-likeness (QED) is 0.579. The van der Waals surface area contributed by atoms with Crippen LogP contribution in [0.5, 0.6) is 0 Å². The van der Waals surface area contributed by atoms with Gasteiger partial charge < -0.3 is 16.0 Å². The Hall–Kier alpha value is -3.59. The third kappa shape index (κ3) is 5.45. The zero-order valence-electron chi connectivity index (χ0n) is 15.4. The Morgan fingerprint density at radius 3 is 2.62 bits per heavy atom. The van der Waals surface area contributed by atoms with Crippen LogP contribution in [0.15, 0.2) is 54.9 Å². The molecule has 0 aliphatic carbocycles. The molecule has 148 valence electrons. The number of aromatic nitrogens is 1. The molecular formula is C20H17FN4O3S. The molecule has 2 aromatic heterocycles. The third-order valence-electron chi connectivity index (χ3n) is 3.80. The van der Waals surface area contributed by atoms with Crippen LogP contribution in [0.25, 0.3) is 0 Å². The highest BCUT2D eigenvalue weighted by Gasteiger charge is 2.16. The number of pyridine rings is 1. The maximum absolute atomic E-state index is 13.3. The first-order valence-electron chi connectivity index (χ1n) is 8.58. The Morgan fingerprint density at radius 1 is 1.07 bits per heavy atom. The Balaban J connectivity index is 1.58. The summed E-state index contributed by atoms with van der Waals surface area (Å²) >= 11 is 1.07. The van der Waals surface area contributed by atoms with Crippen LogP contribution < -0.4 is 16.0 Å². The Labute approximate surface area is 170 Å². The van der Waals surface area contributed by atoms with Gasteiger partial charge in [-0.25, -0.2) is 4.39 Å². The van der Waals surface area contributed by atoms with Gasteiger partial charge in [0.05, 0.1) is 28.3 Å². The highest BCUT2D eigenvalue weighted by molar-refractivity contribution is 7.18. The minimum atomic E-state index is -0.510. The van der Waals surface area contributed by atoms with E-state index in [0.717, 1.165) is 17.4 Å². The predicted octanol–water partition coefficient (Wildman–Crippen LogP) is 3.21. The van der Waals surface area contributed by atoms with Crippen LogP contribution in [0.3, 0.4) is 0 Å². The van der Waals surface area contributed by atoms with Crippen molar-refractivity contribution >= 4 is 39.7 Å². The van der Waals surface area contributed by atoms with E-state index in [1.807, 2.05) is 0 Å². The SMILES string of the molecule is Cc1cc(NC(=O)c2cccc(F)c2)sc1C(=O)NCC(=O)Nc1cccnc1. The van der Waals surface area contributed by atoms with Crippen molar-refractivity contribution < 1.29 is 18.8 Å². The molecule has 0 bridgehead atoms. The molecule has 3 aromatic rings. The normalized spacial score (nSPS) is 10.3. The maximum Gasteiger partial charge on any atom is 0.262 e. The molecule has 3 amide bonds. The molecule has 0 radical (unpaired) electrons. The maximum atomic E-state index is 13.3. The van der Waals surface area contributed by atoms with E-state index >= 15 is 0 Å². The summed E-state index contributed by atoms with van der Waals surface area (Å²) in [4.78, 5) is 40.8. The molecule has 1 aromatic carbocycles. The number of rotatable bonds is 6. The molecule has 3 N–H and O–H groups in total. The van der Waals surface area contributed by atoms with Crippen molar-refractivity contribution in [2.24, 2.45) is 0 Å². The lowest BCUT2D eigenvalue weighted by Crippen LogP contribution is -2.32. The number of hydrogen-bond acceptors (Lipinski definition) is 5. The van der Waals surface area contributed by atoms with Crippen LogP contribution in [0.1, 0.15) is 25.6 Å². The summed E-state index contributed by atoms with van der Waals surface area (Å²) in [5.74, 6) is -1.81. The minimum absolute atomic E-state index is 0.175. The first kappa shape index (κ1) is 20.2. The largest absolute Gasteiger partial charge is 0.342 e. The number of carbonyl (C=O) groups excluding carboxylic acids is 3. The molecule has 0 atom stereocenters. The van der Waals surface area contributed by atoms with Gasteiger partial charge in [0.1, 0.15) is 5.82 Å². The highest BCUT2D eigenvalue weighted by Crippen LogP contribution is 2.27. The van der Waals surface area contributed by atoms with Crippen LogP contribution in [0.2, 0.25) is 0 Å². The summed E-state index contributed by atoms with van der Waals surface area (Å²) in [5, 5.41) is 8.25. The molecule has 29 heavy (non-hydrogen) atoms. The first-order chi connectivity index (χ1) is 13.9. The Morgan fingerprint density at radius 2 is 1.90 bits per heavy atom. The van der Waals surface area contributed by atoms with Gasteiger partial charge in [0.2, 0.25) is 5.91 Å². The minimum Gasteiger partial charge on any atom is -0.342 e. The van der Waals surface area contributed by atoms with Gasteiger partial charge in [-0.2, -0.15) is 0 Å². The summed E-state index contributed by atoms with van der Waals surface area (Å²) < 4.78 is 13.3. The summed E-state index contributed by atoms with van der Waals surface area (Å²) in [6.07, 6.45) is 3.08. The fourth-order valence-corrected chi connectivity index (χ4v) is 3.45. The monoisotopic (exact) mass is 412 g/mol. The zero-order chi connectivity index (χ0) is 20.8. The second kappa shape index (κ2) is 9.07. The van der Waals surface area contributed by atoms with Gasteiger partial charge in [-0.1, -0.05) is 6.07 Å². The van der Waals surface area contributed by atoms with Crippen LogP contribution in [0, 0.1) is 12.7 Å². The smallest absolute Gasteiger partial charge is 0.262 e. The molecule has 0 spiro atoms. The number of nitrogens with one attached hydrogen (secondary N) is 3. The summed E-state index contributed by atoms with van der Waals surface area (Å²) in [6.45, 7) is 1.51. The molecule has 0 fully saturated rings. The van der Waals surface area contributed by atoms with E-state index in [4.69, 9.17) is 0 Å². The van der Waals surface area contributed by atoms with E-state index in [0.29, 0.717) is 21.1 Å². The summed E-state index contributed by atoms with van der Waals surface area (Å²) in [7, 11) is 0. The highest BCUT2D eigenvalue weighted by atomic mass is 32.1. The first-order valence-corrected chi connectivity index (χ1v) is 9.39. The number of carbonyl (C=O) groups is 3. The Kier molecular flexibility index (Phi) is 6.30. The second-order valence-corrected chi connectivity index (χ2v) is 7.11. The van der Waals surface area contributed by atoms with Crippen molar-refractivity contribution in [2.45, 2.75) is 6.92 Å². The standard InChI is InChI=1S/C20H17FN4O3S/c1-12-8-17(25-19(27)13-4-2-5-14(21)9-13)29-18(12)20(28)23-11-16(26)24-15-6-3-7-22-10-15/h2-10H,11H2,1H3,(H,23,28)(H,24,26)(H,25,27). The lowest BCUT2D eigenvalue weighted by atomic mass is 10.2. The molecular weight excluding hydrogens is 395 g/mol. The van der Waals surface area contributed by atoms with Gasteiger partial charge in [-0.3, -0.25) is 19.4 Å². The summed E-state index contributed by atoms with van der Waals surface area (Å²) in [6, 6.07) is 10.3. The van der Waals surface area contributed by atoms with Gasteiger partial charge in [-0.05, 0) is 48.9 Å². The number of anilines is 2. The van der Waals surface area contributed by atoms with Crippen LogP contribution in [-0.4, -0.2) is 29.3 Å². The number of nitrogens with zero attached hydrogens (tertiary/aromatic N) is 1. The molecule has 0 unspecified atom stereocenters. The number of thiophene rings is 1. The van der Waals surface area contributed by atoms with E-state index in [-0.39, 0.29) is 18.0 Å². The van der Waals surface area contributed by atoms with Gasteiger partial charge in [-0.15, -0.1) is 11.3 Å². The van der Waals surface area contributed by atoms with Crippen LogP contribution >= 0.6 is 11.3 Å². The molecule has 2 heterocycles. The lowest BCUT2D eigenvalue weighted by molar-refractivity contribution is -0.115. The summed E-state index contributed by atoms with van der Waals surface area (Å²) in [5.41, 5.74) is 1.35. The fraction of sp³-hybridized carbons (Fsp3) is 0.100. The molecule has 0 saturated heterocycles. The van der Waals surface area contributed by atoms with E-state index in [9.17, 15) is 18.8 Å². The molecule has 3 rings (SSSR count). The number of hydrogen-bond donors (Lipinski definition) is 3. The topological polar surface area (TPSA) is 100 Å². The fourth-order valence-electron chi connectivity index (χ4n) is 2.47. The number of benzene rings is 1. The van der Waals surface area contributed by atoms with Crippen molar-refractivity contribution in [3.8, 4) is 0 Å². The van der Waals surface area contributed by atoms with Gasteiger partial charge in [0.25, 0.3) is 11.8 Å². The molecule has 0 aliphatic heterocycles. The van der Waals surface area contributed by atoms with Crippen molar-refractivity contribution in [3.05, 3.63) is 76.7 Å². The average molecular weight is 412 g/mol. The van der Waals surface area contributed by atoms with E-state index in [1.165, 1.54) is 24.4 Å². The van der Waals surface area contributed by atoms with Crippen molar-refractivity contribution in [2.75, 3.05) is 17.2 Å². The predicted molar refractivity (Wildman–Crippen MR) is 109 cm³/mol. The number of halogens is 1. The molecule has 0 aliphatic rings. The van der Waals surface area contributed by atoms with Gasteiger partial charge in [0.15, 0.2) is 0 Å². The Bertz CT molecular complexity index is 1050. The molecule has 9 heteroatoms. The van der Waals surface area contributed by atoms with Crippen molar-refractivity contribution in [1.82, 2.24) is 10.3 Å². The molecule has 7 nitrogen and oxygen atoms in total. The second-order valence-electron chi connectivity index (χ2n) is 6.06. The van der Waals surface area contributed by atoms with E-state index < -0.39 is 17.6 Å². The van der Waals surface area contributed by atoms with Gasteiger partial charge in [0, 0.05) is 11.8 Å². The average Bonchev–Trinajstić information content (AvgIpc) is 3.07. The third-order valence-corrected chi connectivity index (χ3v) is 4.95. The lowest BCUT2D eigenvalue weighted by Gasteiger charge is -2.06. The number of amides is 3. The number of aryl methyl sites for hydroxylation is 1. The van der Waals surface area contributed by atoms with E-state index in [2.05, 4.69) is 20.9 Å². The van der Waals surface area contributed by atoms with Crippen molar-refractivity contribution in [1.29, 1.82) is 0 Å². The van der Waals surface area contributed by atoms with Crippen LogP contribution in [-0.2, 0) is 4.79 Å². The molecule has 0 saturated carbocycles. The van der Waals surface area contributed by atoms with Crippen LogP contribution in [0.4, 0.5) is 15.1 Å². The van der Waals surface area contributed by atoms with E-state index in [1.54, 1.807) is 31.3 Å². The van der Waals surface area contributed by atoms with Crippen molar-refractivity contribution in [3.63, 3.8) is 0 Å². The van der Waals surface area contributed by atoms with Gasteiger partial charge >= 0.3 is 0 Å². The zero-order valence-corrected chi connectivity index (χ0v) is 16.2.